The second-order valence-electron chi connectivity index (χ2n) is 6.00. The van der Waals surface area contributed by atoms with E-state index in [1.807, 2.05) is 0 Å². The van der Waals surface area contributed by atoms with Crippen molar-refractivity contribution in [1.29, 1.82) is 0 Å². The molecular weight excluding hydrogens is 252 g/mol. The van der Waals surface area contributed by atoms with Crippen molar-refractivity contribution in [2.45, 2.75) is 33.6 Å². The van der Waals surface area contributed by atoms with Crippen LogP contribution in [0.4, 0.5) is 0 Å². The summed E-state index contributed by atoms with van der Waals surface area (Å²) in [5.74, 6) is 0. The van der Waals surface area contributed by atoms with Gasteiger partial charge in [0, 0.05) is 0 Å². The Balaban J connectivity index is 2.01. The van der Waals surface area contributed by atoms with Gasteiger partial charge in [0.05, 0.1) is 0 Å². The first-order chi connectivity index (χ1) is 10.2. The van der Waals surface area contributed by atoms with Crippen molar-refractivity contribution < 1.29 is 0 Å². The fraction of sp³-hybridized carbons (Fsp3) is 0.238. The fourth-order valence-corrected chi connectivity index (χ4v) is 3.21. The molecule has 0 aliphatic rings. The van der Waals surface area contributed by atoms with Crippen molar-refractivity contribution in [1.82, 2.24) is 0 Å². The number of benzene rings is 3. The van der Waals surface area contributed by atoms with Crippen LogP contribution < -0.4 is 0 Å². The van der Waals surface area contributed by atoms with Gasteiger partial charge in [0.15, 0.2) is 0 Å². The van der Waals surface area contributed by atoms with Crippen LogP contribution in [-0.4, -0.2) is 0 Å². The van der Waals surface area contributed by atoms with E-state index in [9.17, 15) is 0 Å². The zero-order valence-corrected chi connectivity index (χ0v) is 13.1. The van der Waals surface area contributed by atoms with E-state index in [4.69, 9.17) is 0 Å². The standard InChI is InChI=1S/C21H22/c1-4-19-6-5-7-20-9-8-17(14-21(19)20)13-18-11-15(2)10-16(3)12-18/h5-12,14H,4,13H2,1-3H3. The zero-order chi connectivity index (χ0) is 14.8. The maximum absolute atomic E-state index is 2.37. The number of fused-ring (bicyclic) bond motifs is 1. The van der Waals surface area contributed by atoms with Gasteiger partial charge in [0.2, 0.25) is 0 Å². The topological polar surface area (TPSA) is 0 Å². The minimum Gasteiger partial charge on any atom is -0.0614 e. The fourth-order valence-electron chi connectivity index (χ4n) is 3.21. The van der Waals surface area contributed by atoms with Crippen LogP contribution in [0.5, 0.6) is 0 Å². The van der Waals surface area contributed by atoms with Crippen LogP contribution >= 0.6 is 0 Å². The van der Waals surface area contributed by atoms with Crippen molar-refractivity contribution in [2.75, 3.05) is 0 Å². The Kier molecular flexibility index (Phi) is 3.79. The van der Waals surface area contributed by atoms with E-state index in [2.05, 4.69) is 75.4 Å². The second kappa shape index (κ2) is 5.73. The molecule has 21 heavy (non-hydrogen) atoms. The van der Waals surface area contributed by atoms with Crippen LogP contribution in [0.2, 0.25) is 0 Å². The Hall–Kier alpha value is -2.08. The summed E-state index contributed by atoms with van der Waals surface area (Å²) in [6, 6.07) is 20.3. The summed E-state index contributed by atoms with van der Waals surface area (Å²) in [6.07, 6.45) is 2.10. The maximum atomic E-state index is 2.37. The van der Waals surface area contributed by atoms with Gasteiger partial charge in [-0.05, 0) is 54.2 Å². The van der Waals surface area contributed by atoms with Crippen LogP contribution in [0.15, 0.2) is 54.6 Å². The molecule has 0 fully saturated rings. The molecule has 0 bridgehead atoms. The molecule has 0 radical (unpaired) electrons. The first-order valence-electron chi connectivity index (χ1n) is 7.73. The van der Waals surface area contributed by atoms with Gasteiger partial charge in [0.25, 0.3) is 0 Å². The molecule has 0 N–H and O–H groups in total. The summed E-state index contributed by atoms with van der Waals surface area (Å²) in [6.45, 7) is 6.57. The highest BCUT2D eigenvalue weighted by Gasteiger charge is 2.03. The highest BCUT2D eigenvalue weighted by Crippen LogP contribution is 2.23. The number of rotatable bonds is 3. The van der Waals surface area contributed by atoms with E-state index in [1.54, 1.807) is 0 Å². The third-order valence-electron chi connectivity index (χ3n) is 4.11. The Labute approximate surface area is 127 Å². The molecule has 3 rings (SSSR count). The molecule has 0 heterocycles. The molecule has 0 saturated heterocycles. The van der Waals surface area contributed by atoms with Gasteiger partial charge < -0.3 is 0 Å². The monoisotopic (exact) mass is 274 g/mol. The first kappa shape index (κ1) is 13.9. The minimum atomic E-state index is 1.01. The minimum absolute atomic E-state index is 1.01. The average molecular weight is 274 g/mol. The average Bonchev–Trinajstić information content (AvgIpc) is 2.45. The summed E-state index contributed by atoms with van der Waals surface area (Å²) < 4.78 is 0. The largest absolute Gasteiger partial charge is 0.0614 e. The van der Waals surface area contributed by atoms with E-state index in [-0.39, 0.29) is 0 Å². The lowest BCUT2D eigenvalue weighted by Gasteiger charge is -2.09. The highest BCUT2D eigenvalue weighted by molar-refractivity contribution is 5.86. The molecule has 0 unspecified atom stereocenters. The number of aryl methyl sites for hydroxylation is 3. The normalized spacial score (nSPS) is 11.0. The molecule has 0 spiro atoms. The molecule has 106 valence electrons. The Bertz CT molecular complexity index is 761. The third kappa shape index (κ3) is 3.00. The molecule has 0 nitrogen and oxygen atoms in total. The summed E-state index contributed by atoms with van der Waals surface area (Å²) in [5.41, 5.74) is 6.93. The summed E-state index contributed by atoms with van der Waals surface area (Å²) in [4.78, 5) is 0. The quantitative estimate of drug-likeness (QED) is 0.582. The SMILES string of the molecule is CCc1cccc2ccc(Cc3cc(C)cc(C)c3)cc12. The van der Waals surface area contributed by atoms with Gasteiger partial charge in [-0.3, -0.25) is 0 Å². The Morgan fingerprint density at radius 1 is 0.762 bits per heavy atom. The van der Waals surface area contributed by atoms with Crippen LogP contribution in [0.3, 0.4) is 0 Å². The van der Waals surface area contributed by atoms with E-state index in [0.717, 1.165) is 12.8 Å². The molecule has 0 atom stereocenters. The molecule has 3 aromatic carbocycles. The van der Waals surface area contributed by atoms with Crippen molar-refractivity contribution in [2.24, 2.45) is 0 Å². The third-order valence-corrected chi connectivity index (χ3v) is 4.11. The zero-order valence-electron chi connectivity index (χ0n) is 13.1. The predicted octanol–water partition coefficient (Wildman–Crippen LogP) is 5.61. The molecule has 3 aromatic rings. The van der Waals surface area contributed by atoms with E-state index in [1.165, 1.54) is 38.6 Å². The summed E-state index contributed by atoms with van der Waals surface area (Å²) in [7, 11) is 0. The second-order valence-corrected chi connectivity index (χ2v) is 6.00. The molecule has 0 saturated carbocycles. The lowest BCUT2D eigenvalue weighted by molar-refractivity contribution is 1.15. The van der Waals surface area contributed by atoms with Crippen LogP contribution in [0, 0.1) is 13.8 Å². The van der Waals surface area contributed by atoms with Crippen molar-refractivity contribution >= 4 is 10.8 Å². The highest BCUT2D eigenvalue weighted by atomic mass is 14.1. The summed E-state index contributed by atoms with van der Waals surface area (Å²) >= 11 is 0. The summed E-state index contributed by atoms with van der Waals surface area (Å²) in [5, 5.41) is 2.75. The van der Waals surface area contributed by atoms with Crippen LogP contribution in [-0.2, 0) is 12.8 Å². The molecular formula is C21H22. The molecule has 0 heteroatoms. The lowest BCUT2D eigenvalue weighted by atomic mass is 9.96. The van der Waals surface area contributed by atoms with Crippen molar-refractivity contribution in [3.63, 3.8) is 0 Å². The van der Waals surface area contributed by atoms with Crippen molar-refractivity contribution in [3.05, 3.63) is 82.4 Å². The number of hydrogen-bond donors (Lipinski definition) is 0. The van der Waals surface area contributed by atoms with E-state index < -0.39 is 0 Å². The molecule has 0 amide bonds. The molecule has 0 aliphatic heterocycles. The van der Waals surface area contributed by atoms with Gasteiger partial charge in [0.1, 0.15) is 0 Å². The van der Waals surface area contributed by atoms with Crippen LogP contribution in [0.25, 0.3) is 10.8 Å². The van der Waals surface area contributed by atoms with Crippen molar-refractivity contribution in [3.8, 4) is 0 Å². The Morgan fingerprint density at radius 2 is 1.52 bits per heavy atom. The number of hydrogen-bond acceptors (Lipinski definition) is 0. The van der Waals surface area contributed by atoms with Gasteiger partial charge in [-0.1, -0.05) is 72.6 Å². The molecule has 0 aromatic heterocycles. The maximum Gasteiger partial charge on any atom is -0.00254 e. The predicted molar refractivity (Wildman–Crippen MR) is 92.0 cm³/mol. The van der Waals surface area contributed by atoms with Gasteiger partial charge in [-0.2, -0.15) is 0 Å². The van der Waals surface area contributed by atoms with E-state index >= 15 is 0 Å². The molecule has 0 aliphatic carbocycles. The van der Waals surface area contributed by atoms with Gasteiger partial charge >= 0.3 is 0 Å². The first-order valence-corrected chi connectivity index (χ1v) is 7.73. The van der Waals surface area contributed by atoms with Gasteiger partial charge in [-0.15, -0.1) is 0 Å². The lowest BCUT2D eigenvalue weighted by Crippen LogP contribution is -1.92. The van der Waals surface area contributed by atoms with E-state index in [0.29, 0.717) is 0 Å². The Morgan fingerprint density at radius 3 is 2.24 bits per heavy atom. The smallest absolute Gasteiger partial charge is 0.00254 e. The van der Waals surface area contributed by atoms with Crippen LogP contribution in [0.1, 0.15) is 34.7 Å². The van der Waals surface area contributed by atoms with Gasteiger partial charge in [-0.25, -0.2) is 0 Å².